The largest absolute Gasteiger partial charge is 1.00 e. The fraction of sp³-hybridized carbons (Fsp3) is 0.429. The molecule has 0 saturated heterocycles. The van der Waals surface area contributed by atoms with Crippen molar-refractivity contribution >= 4 is 0 Å². The third-order valence-electron chi connectivity index (χ3n) is 2.20. The molecule has 2 aliphatic carbocycles. The number of allylic oxidation sites excluding steroid dienone is 8. The Morgan fingerprint density at radius 3 is 1.53 bits per heavy atom. The van der Waals surface area contributed by atoms with Crippen molar-refractivity contribution in [2.75, 3.05) is 0 Å². The minimum Gasteiger partial charge on any atom is -0.270 e. The summed E-state index contributed by atoms with van der Waals surface area (Å²) >= 11 is 0. The Balaban J connectivity index is 0.000000253. The van der Waals surface area contributed by atoms with Crippen LogP contribution in [0.1, 0.15) is 39.0 Å². The van der Waals surface area contributed by atoms with Gasteiger partial charge in [-0.05, 0) is 25.7 Å². The van der Waals surface area contributed by atoms with Crippen LogP contribution < -0.4 is 0 Å². The molecule has 0 aromatic carbocycles. The van der Waals surface area contributed by atoms with E-state index in [1.807, 2.05) is 0 Å². The number of rotatable bonds is 0. The molecule has 0 heterocycles. The molecule has 0 N–H and O–H groups in total. The molecule has 83 valence electrons. The zero-order valence-corrected chi connectivity index (χ0v) is 11.1. The van der Waals surface area contributed by atoms with Gasteiger partial charge in [0.1, 0.15) is 0 Å². The molecule has 0 fully saturated rings. The van der Waals surface area contributed by atoms with Crippen LogP contribution in [0.3, 0.4) is 0 Å². The van der Waals surface area contributed by atoms with E-state index in [2.05, 4.69) is 49.5 Å². The number of hydrogen-bond donors (Lipinski definition) is 0. The van der Waals surface area contributed by atoms with Crippen LogP contribution in [0.15, 0.2) is 42.0 Å². The van der Waals surface area contributed by atoms with Gasteiger partial charge >= 0.3 is 19.5 Å². The van der Waals surface area contributed by atoms with Crippen molar-refractivity contribution in [2.24, 2.45) is 0 Å². The molecule has 0 aromatic heterocycles. The molecule has 0 aliphatic heterocycles. The third-order valence-corrected chi connectivity index (χ3v) is 2.20. The first-order valence-electron chi connectivity index (χ1n) is 5.43. The summed E-state index contributed by atoms with van der Waals surface area (Å²) in [4.78, 5) is 0. The van der Waals surface area contributed by atoms with Gasteiger partial charge in [0.25, 0.3) is 0 Å². The van der Waals surface area contributed by atoms with Crippen LogP contribution >= 0.6 is 0 Å². The summed E-state index contributed by atoms with van der Waals surface area (Å²) in [6.07, 6.45) is 22.3. The van der Waals surface area contributed by atoms with E-state index < -0.39 is 0 Å². The first-order chi connectivity index (χ1) is 6.89. The maximum Gasteiger partial charge on any atom is 1.00 e. The Labute approximate surface area is 107 Å². The summed E-state index contributed by atoms with van der Waals surface area (Å²) in [5, 5.41) is 0. The van der Waals surface area contributed by atoms with Gasteiger partial charge in [0, 0.05) is 0 Å². The molecule has 0 nitrogen and oxygen atoms in total. The van der Waals surface area contributed by atoms with Crippen molar-refractivity contribution in [1.82, 2.24) is 0 Å². The molecule has 2 rings (SSSR count). The zero-order valence-electron chi connectivity index (χ0n) is 9.35. The van der Waals surface area contributed by atoms with E-state index in [0.29, 0.717) is 0 Å². The van der Waals surface area contributed by atoms with Crippen molar-refractivity contribution in [1.29, 1.82) is 0 Å². The Morgan fingerprint density at radius 1 is 0.867 bits per heavy atom. The fourth-order valence-electron chi connectivity index (χ4n) is 1.37. The first-order valence-corrected chi connectivity index (χ1v) is 5.43. The van der Waals surface area contributed by atoms with E-state index in [-0.39, 0.29) is 19.5 Å². The molecular weight excluding hydrogens is 269 g/mol. The topological polar surface area (TPSA) is 0 Å². The summed E-state index contributed by atoms with van der Waals surface area (Å²) in [5.41, 5.74) is 1.27. The second-order valence-corrected chi connectivity index (χ2v) is 3.56. The van der Waals surface area contributed by atoms with Gasteiger partial charge < -0.3 is 0 Å². The quantitative estimate of drug-likeness (QED) is 0.353. The van der Waals surface area contributed by atoms with Gasteiger partial charge in [0.15, 0.2) is 0 Å². The summed E-state index contributed by atoms with van der Waals surface area (Å²) in [6, 6.07) is 0. The minimum absolute atomic E-state index is 0. The molecule has 1 heteroatoms. The van der Waals surface area contributed by atoms with Crippen LogP contribution in [-0.2, 0) is 19.5 Å². The SMILES string of the molecule is C1=CCC/C=C\CC1.CC1=[C-]CC=C1.[Ru+]. The Bertz CT molecular complexity index is 228. The zero-order chi connectivity index (χ0) is 10.1. The van der Waals surface area contributed by atoms with Gasteiger partial charge in [-0.15, -0.1) is 6.42 Å². The number of hydrogen-bond acceptors (Lipinski definition) is 0. The van der Waals surface area contributed by atoms with Gasteiger partial charge in [-0.25, -0.2) is 11.6 Å². The standard InChI is InChI=1S/C8H12.C6H7.Ru/c1-2-4-6-8-7-5-3-1;1-6-4-2-3-5-6;/h1-2,7-8H,3-6H2;2,4H,3H2,1H3;/q;-1;+1/b2-1-,8-7?;;. The van der Waals surface area contributed by atoms with Crippen molar-refractivity contribution in [3.05, 3.63) is 48.1 Å². The monoisotopic (exact) mass is 289 g/mol. The van der Waals surface area contributed by atoms with Crippen LogP contribution in [0, 0.1) is 6.08 Å². The van der Waals surface area contributed by atoms with E-state index in [1.54, 1.807) is 0 Å². The smallest absolute Gasteiger partial charge is 0.270 e. The van der Waals surface area contributed by atoms with Crippen LogP contribution in [-0.4, -0.2) is 0 Å². The minimum atomic E-state index is 0. The molecule has 1 radical (unpaired) electrons. The maximum atomic E-state index is 3.12. The molecule has 0 amide bonds. The molecule has 0 saturated carbocycles. The average molecular weight is 288 g/mol. The normalized spacial score (nSPS) is 20.2. The predicted octanol–water partition coefficient (Wildman–Crippen LogP) is 4.37. The molecule has 15 heavy (non-hydrogen) atoms. The molecule has 0 bridgehead atoms. The third kappa shape index (κ3) is 8.57. The Hall–Kier alpha value is -0.417. The first kappa shape index (κ1) is 14.6. The summed E-state index contributed by atoms with van der Waals surface area (Å²) in [5.74, 6) is 0. The Morgan fingerprint density at radius 2 is 1.33 bits per heavy atom. The van der Waals surface area contributed by atoms with Crippen molar-refractivity contribution in [3.8, 4) is 0 Å². The molecule has 0 unspecified atom stereocenters. The summed E-state index contributed by atoms with van der Waals surface area (Å²) in [7, 11) is 0. The fourth-order valence-corrected chi connectivity index (χ4v) is 1.37. The van der Waals surface area contributed by atoms with Gasteiger partial charge in [0.2, 0.25) is 0 Å². The maximum absolute atomic E-state index is 3.12. The van der Waals surface area contributed by atoms with E-state index in [9.17, 15) is 0 Å². The molecule has 0 atom stereocenters. The second kappa shape index (κ2) is 10.1. The Kier molecular flexibility index (Phi) is 9.83. The van der Waals surface area contributed by atoms with Gasteiger partial charge in [-0.3, -0.25) is 6.08 Å². The van der Waals surface area contributed by atoms with Crippen LogP contribution in [0.5, 0.6) is 0 Å². The molecule has 0 spiro atoms. The van der Waals surface area contributed by atoms with Crippen molar-refractivity contribution < 1.29 is 19.5 Å². The van der Waals surface area contributed by atoms with E-state index in [1.165, 1.54) is 31.3 Å². The average Bonchev–Trinajstić information content (AvgIpc) is 2.55. The van der Waals surface area contributed by atoms with Gasteiger partial charge in [-0.2, -0.15) is 6.08 Å². The molecule has 0 aromatic rings. The van der Waals surface area contributed by atoms with Crippen LogP contribution in [0.25, 0.3) is 0 Å². The van der Waals surface area contributed by atoms with E-state index in [4.69, 9.17) is 0 Å². The van der Waals surface area contributed by atoms with Crippen molar-refractivity contribution in [2.45, 2.75) is 39.0 Å². The van der Waals surface area contributed by atoms with Gasteiger partial charge in [-0.1, -0.05) is 31.2 Å². The predicted molar refractivity (Wildman–Crippen MR) is 62.9 cm³/mol. The van der Waals surface area contributed by atoms with E-state index in [0.717, 1.165) is 6.42 Å². The summed E-state index contributed by atoms with van der Waals surface area (Å²) < 4.78 is 0. The van der Waals surface area contributed by atoms with Crippen LogP contribution in [0.2, 0.25) is 0 Å². The van der Waals surface area contributed by atoms with Crippen LogP contribution in [0.4, 0.5) is 0 Å². The molecular formula is C14H19Ru. The summed E-state index contributed by atoms with van der Waals surface area (Å²) in [6.45, 7) is 2.06. The van der Waals surface area contributed by atoms with E-state index >= 15 is 0 Å². The second-order valence-electron chi connectivity index (χ2n) is 3.56. The van der Waals surface area contributed by atoms with Gasteiger partial charge in [0.05, 0.1) is 0 Å². The molecule has 2 aliphatic rings. The van der Waals surface area contributed by atoms with Crippen molar-refractivity contribution in [3.63, 3.8) is 0 Å².